The number of anilines is 1. The molecule has 3 aromatic rings. The summed E-state index contributed by atoms with van der Waals surface area (Å²) in [6.45, 7) is 9.31. The molecule has 8 heteroatoms. The first-order chi connectivity index (χ1) is 15.6. The number of sulfonamides is 1. The second kappa shape index (κ2) is 9.37. The first-order valence-corrected chi connectivity index (χ1v) is 13.4. The first-order valence-electron chi connectivity index (χ1n) is 11.1. The van der Waals surface area contributed by atoms with Gasteiger partial charge in [0.15, 0.2) is 5.13 Å². The van der Waals surface area contributed by atoms with Crippen LogP contribution in [0.5, 0.6) is 0 Å². The number of carbonyl (C=O) groups excluding carboxylic acids is 1. The molecule has 4 rings (SSSR count). The maximum atomic E-state index is 13.1. The van der Waals surface area contributed by atoms with Gasteiger partial charge in [-0.1, -0.05) is 37.6 Å². The van der Waals surface area contributed by atoms with Crippen LogP contribution < -0.4 is 5.32 Å². The summed E-state index contributed by atoms with van der Waals surface area (Å²) in [6.07, 6.45) is 1.03. The number of rotatable bonds is 5. The Morgan fingerprint density at radius 3 is 2.36 bits per heavy atom. The van der Waals surface area contributed by atoms with E-state index >= 15 is 0 Å². The highest BCUT2D eigenvalue weighted by molar-refractivity contribution is 7.89. The maximum absolute atomic E-state index is 13.1. The molecule has 1 fully saturated rings. The molecule has 1 amide bonds. The van der Waals surface area contributed by atoms with Crippen molar-refractivity contribution in [2.24, 2.45) is 11.8 Å². The maximum Gasteiger partial charge on any atom is 0.257 e. The number of benzene rings is 2. The Morgan fingerprint density at radius 2 is 1.73 bits per heavy atom. The fourth-order valence-corrected chi connectivity index (χ4v) is 6.84. The van der Waals surface area contributed by atoms with Gasteiger partial charge in [0.25, 0.3) is 5.91 Å². The van der Waals surface area contributed by atoms with E-state index in [4.69, 9.17) is 0 Å². The zero-order valence-corrected chi connectivity index (χ0v) is 21.0. The van der Waals surface area contributed by atoms with Crippen LogP contribution in [0.4, 0.5) is 5.13 Å². The number of thiazole rings is 1. The molecule has 2 aromatic carbocycles. The van der Waals surface area contributed by atoms with Crippen LogP contribution in [-0.2, 0) is 10.0 Å². The van der Waals surface area contributed by atoms with Crippen LogP contribution >= 0.6 is 11.3 Å². The molecule has 2 atom stereocenters. The Labute approximate surface area is 199 Å². The van der Waals surface area contributed by atoms with Gasteiger partial charge >= 0.3 is 0 Å². The molecular weight excluding hydrogens is 454 g/mol. The number of nitrogens with one attached hydrogen (secondary N) is 1. The number of hydrogen-bond donors (Lipinski definition) is 1. The minimum Gasteiger partial charge on any atom is -0.298 e. The van der Waals surface area contributed by atoms with Crippen molar-refractivity contribution in [3.8, 4) is 11.3 Å². The molecule has 6 nitrogen and oxygen atoms in total. The van der Waals surface area contributed by atoms with E-state index in [-0.39, 0.29) is 10.8 Å². The molecule has 1 aromatic heterocycles. The molecule has 2 heterocycles. The van der Waals surface area contributed by atoms with E-state index in [1.54, 1.807) is 16.4 Å². The van der Waals surface area contributed by atoms with Crippen LogP contribution in [0.25, 0.3) is 11.3 Å². The standard InChI is InChI=1S/C25H29N3O3S2/c1-16-5-10-22(19(4)12-16)23-15-32-25(26-23)27-24(29)20-6-8-21(9-7-20)33(30,31)28-13-17(2)11-18(3)14-28/h5-10,12,15,17-18H,11,13-14H2,1-4H3,(H,26,27,29)/t17-,18-/m1/s1. The second-order valence-electron chi connectivity index (χ2n) is 9.10. The van der Waals surface area contributed by atoms with Crippen LogP contribution in [0.15, 0.2) is 52.7 Å². The minimum absolute atomic E-state index is 0.215. The highest BCUT2D eigenvalue weighted by Gasteiger charge is 2.31. The van der Waals surface area contributed by atoms with Crippen molar-refractivity contribution >= 4 is 32.4 Å². The normalized spacial score (nSPS) is 19.4. The van der Waals surface area contributed by atoms with Gasteiger partial charge in [0.2, 0.25) is 10.0 Å². The van der Waals surface area contributed by atoms with Crippen molar-refractivity contribution in [3.05, 3.63) is 64.5 Å². The number of aromatic nitrogens is 1. The molecule has 0 aliphatic carbocycles. The van der Waals surface area contributed by atoms with Gasteiger partial charge in [-0.3, -0.25) is 10.1 Å². The lowest BCUT2D eigenvalue weighted by Gasteiger charge is -2.34. The number of nitrogens with zero attached hydrogens (tertiary/aromatic N) is 2. The Kier molecular flexibility index (Phi) is 6.70. The molecule has 33 heavy (non-hydrogen) atoms. The smallest absolute Gasteiger partial charge is 0.257 e. The molecule has 0 bridgehead atoms. The fraction of sp³-hybridized carbons (Fsp3) is 0.360. The Balaban J connectivity index is 1.46. The van der Waals surface area contributed by atoms with Gasteiger partial charge in [0.1, 0.15) is 0 Å². The fourth-order valence-electron chi connectivity index (χ4n) is 4.45. The van der Waals surface area contributed by atoms with Crippen LogP contribution in [0.3, 0.4) is 0 Å². The molecule has 0 spiro atoms. The van der Waals surface area contributed by atoms with Crippen molar-refractivity contribution in [1.82, 2.24) is 9.29 Å². The summed E-state index contributed by atoms with van der Waals surface area (Å²) in [4.78, 5) is 17.5. The van der Waals surface area contributed by atoms with Gasteiger partial charge < -0.3 is 0 Å². The van der Waals surface area contributed by atoms with Gasteiger partial charge in [-0.2, -0.15) is 4.31 Å². The summed E-state index contributed by atoms with van der Waals surface area (Å²) >= 11 is 1.36. The molecular formula is C25H29N3O3S2. The van der Waals surface area contributed by atoms with Gasteiger partial charge in [-0.15, -0.1) is 11.3 Å². The van der Waals surface area contributed by atoms with E-state index in [0.717, 1.165) is 23.2 Å². The molecule has 0 radical (unpaired) electrons. The highest BCUT2D eigenvalue weighted by atomic mass is 32.2. The zero-order chi connectivity index (χ0) is 23.8. The van der Waals surface area contributed by atoms with Crippen molar-refractivity contribution in [2.75, 3.05) is 18.4 Å². The third-order valence-electron chi connectivity index (χ3n) is 5.97. The summed E-state index contributed by atoms with van der Waals surface area (Å²) in [6, 6.07) is 12.3. The summed E-state index contributed by atoms with van der Waals surface area (Å²) < 4.78 is 27.7. The van der Waals surface area contributed by atoms with Crippen LogP contribution in [0.2, 0.25) is 0 Å². The summed E-state index contributed by atoms with van der Waals surface area (Å²) in [5.41, 5.74) is 4.56. The third-order valence-corrected chi connectivity index (χ3v) is 8.58. The summed E-state index contributed by atoms with van der Waals surface area (Å²) in [5.74, 6) is 0.349. The Morgan fingerprint density at radius 1 is 1.06 bits per heavy atom. The van der Waals surface area contributed by atoms with Crippen molar-refractivity contribution in [2.45, 2.75) is 39.0 Å². The molecule has 1 aliphatic rings. The highest BCUT2D eigenvalue weighted by Crippen LogP contribution is 2.29. The van der Waals surface area contributed by atoms with Gasteiger partial charge in [-0.05, 0) is 61.9 Å². The lowest BCUT2D eigenvalue weighted by atomic mass is 9.94. The molecule has 1 aliphatic heterocycles. The van der Waals surface area contributed by atoms with Crippen LogP contribution in [0, 0.1) is 25.7 Å². The SMILES string of the molecule is Cc1ccc(-c2csc(NC(=O)c3ccc(S(=O)(=O)N4C[C@H](C)C[C@@H](C)C4)cc3)n2)c(C)c1. The average Bonchev–Trinajstić information content (AvgIpc) is 3.21. The van der Waals surface area contributed by atoms with E-state index < -0.39 is 10.0 Å². The zero-order valence-electron chi connectivity index (χ0n) is 19.3. The predicted octanol–water partition coefficient (Wildman–Crippen LogP) is 5.35. The number of amides is 1. The second-order valence-corrected chi connectivity index (χ2v) is 11.9. The predicted molar refractivity (Wildman–Crippen MR) is 133 cm³/mol. The number of aryl methyl sites for hydroxylation is 2. The largest absolute Gasteiger partial charge is 0.298 e. The third kappa shape index (κ3) is 5.18. The van der Waals surface area contributed by atoms with E-state index in [1.807, 2.05) is 31.4 Å². The van der Waals surface area contributed by atoms with Gasteiger partial charge in [0, 0.05) is 29.6 Å². The lowest BCUT2D eigenvalue weighted by Crippen LogP contribution is -2.42. The molecule has 1 saturated heterocycles. The minimum atomic E-state index is -3.57. The molecule has 0 saturated carbocycles. The number of piperidine rings is 1. The number of carbonyl (C=O) groups is 1. The van der Waals surface area contributed by atoms with E-state index in [9.17, 15) is 13.2 Å². The molecule has 1 N–H and O–H groups in total. The Bertz CT molecular complexity index is 1260. The summed E-state index contributed by atoms with van der Waals surface area (Å²) in [7, 11) is -3.57. The lowest BCUT2D eigenvalue weighted by molar-refractivity contribution is 0.102. The van der Waals surface area contributed by atoms with Crippen molar-refractivity contribution in [3.63, 3.8) is 0 Å². The quantitative estimate of drug-likeness (QED) is 0.531. The summed E-state index contributed by atoms with van der Waals surface area (Å²) in [5, 5.41) is 5.24. The van der Waals surface area contributed by atoms with E-state index in [2.05, 4.69) is 30.2 Å². The molecule has 174 valence electrons. The van der Waals surface area contributed by atoms with Crippen molar-refractivity contribution in [1.29, 1.82) is 0 Å². The number of hydrogen-bond acceptors (Lipinski definition) is 5. The van der Waals surface area contributed by atoms with Crippen LogP contribution in [-0.4, -0.2) is 36.7 Å². The van der Waals surface area contributed by atoms with Crippen LogP contribution in [0.1, 0.15) is 41.8 Å². The van der Waals surface area contributed by atoms with Gasteiger partial charge in [0.05, 0.1) is 10.6 Å². The topological polar surface area (TPSA) is 79.4 Å². The van der Waals surface area contributed by atoms with E-state index in [0.29, 0.717) is 35.6 Å². The Hall–Kier alpha value is -2.55. The molecule has 0 unspecified atom stereocenters. The average molecular weight is 484 g/mol. The van der Waals surface area contributed by atoms with E-state index in [1.165, 1.54) is 29.0 Å². The first kappa shape index (κ1) is 23.6. The van der Waals surface area contributed by atoms with Crippen molar-refractivity contribution < 1.29 is 13.2 Å². The van der Waals surface area contributed by atoms with Gasteiger partial charge in [-0.25, -0.2) is 13.4 Å². The monoisotopic (exact) mass is 483 g/mol.